The largest absolute Gasteiger partial charge is 0.456 e. The Balaban J connectivity index is 1.30. The Morgan fingerprint density at radius 1 is 0.552 bits per heavy atom. The molecule has 0 aliphatic carbocycles. The van der Waals surface area contributed by atoms with Crippen LogP contribution in [0.1, 0.15) is 105 Å². The van der Waals surface area contributed by atoms with Crippen LogP contribution < -0.4 is 26.2 Å². The summed E-state index contributed by atoms with van der Waals surface area (Å²) < 4.78 is 118. The van der Waals surface area contributed by atoms with Gasteiger partial charge in [-0.2, -0.15) is 0 Å². The van der Waals surface area contributed by atoms with Crippen LogP contribution in [0.3, 0.4) is 0 Å². The maximum absolute atomic E-state index is 10.2. The number of aryl methyl sites for hydroxylation is 1. The number of hydrogen-bond acceptors (Lipinski definition) is 3. The molecule has 11 rings (SSSR count). The van der Waals surface area contributed by atoms with Crippen LogP contribution in [0.25, 0.3) is 33.4 Å². The van der Waals surface area contributed by atoms with E-state index >= 15 is 0 Å². The van der Waals surface area contributed by atoms with E-state index in [4.69, 9.17) is 11.3 Å². The van der Waals surface area contributed by atoms with Crippen LogP contribution in [0.4, 0.5) is 28.4 Å². The van der Waals surface area contributed by atoms with Gasteiger partial charge in [0.25, 0.3) is 6.71 Å². The minimum absolute atomic E-state index is 0.0306. The van der Waals surface area contributed by atoms with Gasteiger partial charge in [-0.25, -0.2) is 0 Å². The van der Waals surface area contributed by atoms with Crippen LogP contribution in [0.5, 0.6) is 0 Å². The molecular weight excluding hydrogens is 812 g/mol. The quantitative estimate of drug-likeness (QED) is 0.149. The first kappa shape index (κ1) is 31.0. The molecule has 3 heterocycles. The minimum Gasteiger partial charge on any atom is -0.456 e. The molecule has 4 heteroatoms. The summed E-state index contributed by atoms with van der Waals surface area (Å²) in [6.07, 6.45) is 0. The normalized spacial score (nSPS) is 15.9. The highest BCUT2D eigenvalue weighted by Gasteiger charge is 2.45. The van der Waals surface area contributed by atoms with Gasteiger partial charge in [0, 0.05) is 51.2 Å². The third kappa shape index (κ3) is 7.29. The maximum Gasteiger partial charge on any atom is 0.252 e. The SMILES string of the molecule is [2H]c1c([2H])c([2H])c(-c2oc3c([2H])c([2H])c4c(c3c2[2H])N(Cc2c([2H])c([2H])c(C(C)(C)C)c([2H])c2[2H])c2cc(C)cc3c2B4c2ccc(C(C)(C)c4ccccc4)cc2N3c2ccc(C(C)(C)C)cc2-c2ccccc2)c([2H])c1[2H]. The van der Waals surface area contributed by atoms with E-state index in [1.54, 1.807) is 0 Å². The summed E-state index contributed by atoms with van der Waals surface area (Å²) in [5.41, 5.74) is 9.45. The maximum atomic E-state index is 10.2. The first-order valence-electron chi connectivity index (χ1n) is 29.0. The van der Waals surface area contributed by atoms with Crippen molar-refractivity contribution in [2.75, 3.05) is 9.80 Å². The van der Waals surface area contributed by atoms with Crippen LogP contribution >= 0.6 is 0 Å². The lowest BCUT2D eigenvalue weighted by Gasteiger charge is -2.45. The van der Waals surface area contributed by atoms with Gasteiger partial charge in [0.1, 0.15) is 11.3 Å². The predicted octanol–water partition coefficient (Wildman–Crippen LogP) is 14.9. The molecule has 2 aliphatic heterocycles. The topological polar surface area (TPSA) is 19.6 Å². The fraction of sp³-hybridized carbons (Fsp3) is 0.206. The molecule has 330 valence electrons. The van der Waals surface area contributed by atoms with Gasteiger partial charge in [0.2, 0.25) is 0 Å². The van der Waals surface area contributed by atoms with Gasteiger partial charge in [0.05, 0.1) is 22.1 Å². The second-order valence-electron chi connectivity index (χ2n) is 20.6. The summed E-state index contributed by atoms with van der Waals surface area (Å²) in [5, 5.41) is 0.0306. The first-order valence-corrected chi connectivity index (χ1v) is 23.0. The van der Waals surface area contributed by atoms with E-state index in [9.17, 15) is 9.60 Å². The van der Waals surface area contributed by atoms with E-state index in [0.29, 0.717) is 11.2 Å². The van der Waals surface area contributed by atoms with Crippen molar-refractivity contribution < 1.29 is 20.9 Å². The third-order valence-electron chi connectivity index (χ3n) is 13.6. The summed E-state index contributed by atoms with van der Waals surface area (Å²) in [6.45, 7) is 17.4. The fourth-order valence-electron chi connectivity index (χ4n) is 9.87. The molecule has 0 atom stereocenters. The Bertz CT molecular complexity index is 3990. The molecule has 2 aliphatic rings. The van der Waals surface area contributed by atoms with Crippen LogP contribution in [0.2, 0.25) is 0 Å². The number of furan rings is 1. The number of hydrogen-bond donors (Lipinski definition) is 0. The molecular formula is C63H59BN2O. The molecule has 0 fully saturated rings. The van der Waals surface area contributed by atoms with Gasteiger partial charge in [-0.05, 0) is 116 Å². The Labute approximate surface area is 414 Å². The van der Waals surface area contributed by atoms with Gasteiger partial charge >= 0.3 is 0 Å². The predicted molar refractivity (Wildman–Crippen MR) is 286 cm³/mol. The Morgan fingerprint density at radius 3 is 1.93 bits per heavy atom. The summed E-state index contributed by atoms with van der Waals surface area (Å²) in [7, 11) is 0. The van der Waals surface area contributed by atoms with Gasteiger partial charge in [0.15, 0.2) is 0 Å². The molecule has 67 heavy (non-hydrogen) atoms. The molecule has 0 N–H and O–H groups in total. The molecule has 1 aromatic heterocycles. The standard InChI is InChI=1S/C63H59BN2O/c1-41-35-55-59-56(36-41)66(53-33-30-47(62(5,6)7)37-49(53)43-19-13-10-14-20-43)54-38-48(63(8,9)46-23-17-12-18-24-46)29-31-51(54)64(59)52-32-34-57-50(39-58(67-57)44-21-15-11-16-22-44)60(52)65(55)40-42-25-27-45(28-26-42)61(2,3)4/h10-39H,40H2,1-9H3/i11D,15D,16D,21D,22D,25D,26D,27D,28D,32D,34D,39D. The molecule has 0 unspecified atom stereocenters. The molecule has 8 aromatic carbocycles. The van der Waals surface area contributed by atoms with E-state index in [1.807, 2.05) is 75.1 Å². The van der Waals surface area contributed by atoms with Crippen molar-refractivity contribution in [2.45, 2.75) is 85.1 Å². The third-order valence-corrected chi connectivity index (χ3v) is 13.6. The van der Waals surface area contributed by atoms with Crippen molar-refractivity contribution >= 4 is 62.5 Å². The zero-order valence-electron chi connectivity index (χ0n) is 51.5. The summed E-state index contributed by atoms with van der Waals surface area (Å²) in [6, 6.07) is 32.8. The van der Waals surface area contributed by atoms with Crippen LogP contribution in [0.15, 0.2) is 186 Å². The van der Waals surface area contributed by atoms with Gasteiger partial charge in [-0.15, -0.1) is 0 Å². The average molecular weight is 883 g/mol. The van der Waals surface area contributed by atoms with E-state index in [2.05, 4.69) is 106 Å². The molecule has 3 nitrogen and oxygen atoms in total. The van der Waals surface area contributed by atoms with Crippen LogP contribution in [0, 0.1) is 6.92 Å². The second-order valence-corrected chi connectivity index (χ2v) is 20.6. The molecule has 0 saturated carbocycles. The summed E-state index contributed by atoms with van der Waals surface area (Å²) >= 11 is 0. The average Bonchev–Trinajstić information content (AvgIpc) is 2.59. The van der Waals surface area contributed by atoms with Crippen LogP contribution in [-0.4, -0.2) is 6.71 Å². The zero-order chi connectivity index (χ0) is 56.8. The van der Waals surface area contributed by atoms with Crippen molar-refractivity contribution in [2.24, 2.45) is 0 Å². The van der Waals surface area contributed by atoms with Crippen molar-refractivity contribution in [1.29, 1.82) is 0 Å². The molecule has 0 bridgehead atoms. The van der Waals surface area contributed by atoms with Crippen molar-refractivity contribution in [3.63, 3.8) is 0 Å². The number of fused-ring (bicyclic) bond motifs is 6. The molecule has 0 radical (unpaired) electrons. The lowest BCUT2D eigenvalue weighted by atomic mass is 9.33. The lowest BCUT2D eigenvalue weighted by molar-refractivity contribution is 0.590. The number of rotatable bonds is 7. The fourth-order valence-corrected chi connectivity index (χ4v) is 9.87. The van der Waals surface area contributed by atoms with E-state index in [-0.39, 0.29) is 93.4 Å². The number of nitrogens with zero attached hydrogens (tertiary/aromatic N) is 2. The second kappa shape index (κ2) is 15.8. The smallest absolute Gasteiger partial charge is 0.252 e. The van der Waals surface area contributed by atoms with Crippen LogP contribution in [-0.2, 0) is 22.8 Å². The van der Waals surface area contributed by atoms with Crippen molar-refractivity contribution in [3.05, 3.63) is 215 Å². The number of benzene rings is 8. The monoisotopic (exact) mass is 883 g/mol. The van der Waals surface area contributed by atoms with Crippen molar-refractivity contribution in [3.8, 4) is 22.5 Å². The minimum atomic E-state index is -0.793. The first-order chi connectivity index (χ1) is 37.2. The highest BCUT2D eigenvalue weighted by molar-refractivity contribution is 7.00. The van der Waals surface area contributed by atoms with Crippen molar-refractivity contribution in [1.82, 2.24) is 0 Å². The van der Waals surface area contributed by atoms with E-state index < -0.39 is 47.8 Å². The highest BCUT2D eigenvalue weighted by Crippen LogP contribution is 2.49. The highest BCUT2D eigenvalue weighted by atomic mass is 16.3. The molecule has 0 amide bonds. The van der Waals surface area contributed by atoms with Gasteiger partial charge in [-0.1, -0.05) is 195 Å². The van der Waals surface area contributed by atoms with Gasteiger partial charge < -0.3 is 14.2 Å². The molecule has 9 aromatic rings. The summed E-state index contributed by atoms with van der Waals surface area (Å²) in [5.74, 6) is -0.377. The summed E-state index contributed by atoms with van der Waals surface area (Å²) in [4.78, 5) is 4.12. The number of anilines is 5. The zero-order valence-corrected chi connectivity index (χ0v) is 39.5. The van der Waals surface area contributed by atoms with E-state index in [1.165, 1.54) is 0 Å². The Morgan fingerprint density at radius 2 is 1.22 bits per heavy atom. The molecule has 0 saturated heterocycles. The van der Waals surface area contributed by atoms with E-state index in [0.717, 1.165) is 61.4 Å². The molecule has 0 spiro atoms. The van der Waals surface area contributed by atoms with Gasteiger partial charge in [-0.3, -0.25) is 0 Å². The Kier molecular flexibility index (Phi) is 7.32. The Hall–Kier alpha value is -7.04. The lowest BCUT2D eigenvalue weighted by Crippen LogP contribution is -2.62.